The quantitative estimate of drug-likeness (QED) is 0.521. The predicted molar refractivity (Wildman–Crippen MR) is 48.0 cm³/mol. The van der Waals surface area contributed by atoms with E-state index < -0.39 is 0 Å². The standard InChI is InChI=1S/C10H18/c1-4-5-6-7-8-9-10(2)3/h4-7,10H,8-9H2,1-3H3. The lowest BCUT2D eigenvalue weighted by molar-refractivity contribution is 0.594. The topological polar surface area (TPSA) is 0 Å². The van der Waals surface area contributed by atoms with E-state index in [2.05, 4.69) is 32.1 Å². The maximum atomic E-state index is 2.25. The van der Waals surface area contributed by atoms with E-state index in [1.54, 1.807) is 0 Å². The fraction of sp³-hybridized carbons (Fsp3) is 0.600. The molecule has 0 radical (unpaired) electrons. The molecule has 10 heavy (non-hydrogen) atoms. The molecule has 0 aromatic rings. The molecular weight excluding hydrogens is 120 g/mol. The van der Waals surface area contributed by atoms with Gasteiger partial charge in [0.25, 0.3) is 0 Å². The maximum absolute atomic E-state index is 2.25. The van der Waals surface area contributed by atoms with Crippen molar-refractivity contribution in [3.8, 4) is 0 Å². The van der Waals surface area contributed by atoms with Gasteiger partial charge in [0, 0.05) is 0 Å². The van der Waals surface area contributed by atoms with Crippen LogP contribution in [0.2, 0.25) is 0 Å². The Hall–Kier alpha value is -0.520. The van der Waals surface area contributed by atoms with Gasteiger partial charge in [0.2, 0.25) is 0 Å². The molecule has 0 amide bonds. The lowest BCUT2D eigenvalue weighted by Gasteiger charge is -1.97. The highest BCUT2D eigenvalue weighted by atomic mass is 13.9. The van der Waals surface area contributed by atoms with Crippen molar-refractivity contribution in [3.63, 3.8) is 0 Å². The summed E-state index contributed by atoms with van der Waals surface area (Å²) in [5.74, 6) is 0.829. The molecule has 0 N–H and O–H groups in total. The minimum Gasteiger partial charge on any atom is -0.0877 e. The smallest absolute Gasteiger partial charge is 0.0345 e. The highest BCUT2D eigenvalue weighted by molar-refractivity contribution is 5.00. The third kappa shape index (κ3) is 7.48. The summed E-state index contributed by atoms with van der Waals surface area (Å²) in [5, 5.41) is 0. The molecule has 0 saturated heterocycles. The molecule has 0 aliphatic heterocycles. The van der Waals surface area contributed by atoms with Crippen molar-refractivity contribution in [1.29, 1.82) is 0 Å². The molecule has 0 aliphatic rings. The number of hydrogen-bond donors (Lipinski definition) is 0. The normalized spacial score (nSPS) is 12.4. The number of allylic oxidation sites excluding steroid dienone is 4. The summed E-state index contributed by atoms with van der Waals surface area (Å²) in [6.07, 6.45) is 11.0. The molecule has 0 fully saturated rings. The summed E-state index contributed by atoms with van der Waals surface area (Å²) in [5.41, 5.74) is 0. The average molecular weight is 138 g/mol. The SMILES string of the molecule is CC=CC=CCCC(C)C. The Kier molecular flexibility index (Phi) is 6.25. The molecule has 0 heterocycles. The predicted octanol–water partition coefficient (Wildman–Crippen LogP) is 3.55. The Labute approximate surface area is 64.6 Å². The van der Waals surface area contributed by atoms with Crippen molar-refractivity contribution in [2.45, 2.75) is 33.6 Å². The van der Waals surface area contributed by atoms with E-state index in [1.165, 1.54) is 12.8 Å². The van der Waals surface area contributed by atoms with E-state index in [0.29, 0.717) is 0 Å². The first-order valence-electron chi connectivity index (χ1n) is 4.05. The molecule has 0 atom stereocenters. The monoisotopic (exact) mass is 138 g/mol. The summed E-state index contributed by atoms with van der Waals surface area (Å²) in [7, 11) is 0. The van der Waals surface area contributed by atoms with Crippen LogP contribution < -0.4 is 0 Å². The van der Waals surface area contributed by atoms with Crippen LogP contribution in [0.5, 0.6) is 0 Å². The van der Waals surface area contributed by atoms with Gasteiger partial charge in [-0.25, -0.2) is 0 Å². The van der Waals surface area contributed by atoms with Crippen molar-refractivity contribution in [2.75, 3.05) is 0 Å². The van der Waals surface area contributed by atoms with Gasteiger partial charge in [0.1, 0.15) is 0 Å². The highest BCUT2D eigenvalue weighted by Gasteiger charge is 1.88. The lowest BCUT2D eigenvalue weighted by atomic mass is 10.1. The first-order chi connectivity index (χ1) is 4.77. The van der Waals surface area contributed by atoms with Crippen LogP contribution in [0.15, 0.2) is 24.3 Å². The van der Waals surface area contributed by atoms with Crippen LogP contribution in [0.1, 0.15) is 33.6 Å². The van der Waals surface area contributed by atoms with Crippen molar-refractivity contribution < 1.29 is 0 Å². The summed E-state index contributed by atoms with van der Waals surface area (Å²) < 4.78 is 0. The van der Waals surface area contributed by atoms with Crippen LogP contribution >= 0.6 is 0 Å². The van der Waals surface area contributed by atoms with Crippen LogP contribution in [0.25, 0.3) is 0 Å². The van der Waals surface area contributed by atoms with E-state index in [9.17, 15) is 0 Å². The first kappa shape index (κ1) is 9.48. The molecular formula is C10H18. The Morgan fingerprint density at radius 2 is 1.90 bits per heavy atom. The van der Waals surface area contributed by atoms with Crippen molar-refractivity contribution in [2.24, 2.45) is 5.92 Å². The van der Waals surface area contributed by atoms with E-state index >= 15 is 0 Å². The van der Waals surface area contributed by atoms with E-state index in [-0.39, 0.29) is 0 Å². The fourth-order valence-electron chi connectivity index (χ4n) is 0.715. The average Bonchev–Trinajstić information content (AvgIpc) is 1.87. The zero-order valence-electron chi connectivity index (χ0n) is 7.30. The molecule has 0 heteroatoms. The van der Waals surface area contributed by atoms with Crippen LogP contribution in [-0.4, -0.2) is 0 Å². The van der Waals surface area contributed by atoms with Crippen LogP contribution in [0.4, 0.5) is 0 Å². The first-order valence-corrected chi connectivity index (χ1v) is 4.05. The lowest BCUT2D eigenvalue weighted by Crippen LogP contribution is -1.83. The molecule has 0 spiro atoms. The van der Waals surface area contributed by atoms with Crippen LogP contribution in [0, 0.1) is 5.92 Å². The van der Waals surface area contributed by atoms with Gasteiger partial charge in [-0.2, -0.15) is 0 Å². The second-order valence-corrected chi connectivity index (χ2v) is 2.93. The third-order valence-electron chi connectivity index (χ3n) is 1.35. The second kappa shape index (κ2) is 6.60. The molecule has 0 aromatic heterocycles. The molecule has 0 saturated carbocycles. The summed E-state index contributed by atoms with van der Waals surface area (Å²) in [4.78, 5) is 0. The Balaban J connectivity index is 3.18. The molecule has 0 aliphatic carbocycles. The Bertz CT molecular complexity index is 107. The van der Waals surface area contributed by atoms with Gasteiger partial charge >= 0.3 is 0 Å². The fourth-order valence-corrected chi connectivity index (χ4v) is 0.715. The third-order valence-corrected chi connectivity index (χ3v) is 1.35. The minimum atomic E-state index is 0.829. The zero-order valence-corrected chi connectivity index (χ0v) is 7.30. The van der Waals surface area contributed by atoms with Gasteiger partial charge in [-0.05, 0) is 25.7 Å². The molecule has 0 bridgehead atoms. The van der Waals surface area contributed by atoms with Crippen LogP contribution in [0.3, 0.4) is 0 Å². The van der Waals surface area contributed by atoms with Gasteiger partial charge in [-0.15, -0.1) is 0 Å². The van der Waals surface area contributed by atoms with Gasteiger partial charge < -0.3 is 0 Å². The maximum Gasteiger partial charge on any atom is -0.0345 e. The molecule has 0 rings (SSSR count). The van der Waals surface area contributed by atoms with Crippen molar-refractivity contribution in [1.82, 2.24) is 0 Å². The summed E-state index contributed by atoms with van der Waals surface area (Å²) >= 11 is 0. The number of hydrogen-bond acceptors (Lipinski definition) is 0. The molecule has 0 aromatic carbocycles. The molecule has 58 valence electrons. The Morgan fingerprint density at radius 3 is 2.40 bits per heavy atom. The highest BCUT2D eigenvalue weighted by Crippen LogP contribution is 2.03. The van der Waals surface area contributed by atoms with Gasteiger partial charge in [-0.1, -0.05) is 38.2 Å². The van der Waals surface area contributed by atoms with Gasteiger partial charge in [0.15, 0.2) is 0 Å². The molecule has 0 unspecified atom stereocenters. The zero-order chi connectivity index (χ0) is 7.82. The molecule has 0 nitrogen and oxygen atoms in total. The van der Waals surface area contributed by atoms with Crippen LogP contribution in [-0.2, 0) is 0 Å². The van der Waals surface area contributed by atoms with E-state index in [1.807, 2.05) is 13.0 Å². The van der Waals surface area contributed by atoms with E-state index in [4.69, 9.17) is 0 Å². The van der Waals surface area contributed by atoms with Gasteiger partial charge in [0.05, 0.1) is 0 Å². The summed E-state index contributed by atoms with van der Waals surface area (Å²) in [6.45, 7) is 6.54. The number of rotatable bonds is 4. The van der Waals surface area contributed by atoms with E-state index in [0.717, 1.165) is 5.92 Å². The van der Waals surface area contributed by atoms with Gasteiger partial charge in [-0.3, -0.25) is 0 Å². The van der Waals surface area contributed by atoms with Crippen molar-refractivity contribution in [3.05, 3.63) is 24.3 Å². The second-order valence-electron chi connectivity index (χ2n) is 2.93. The summed E-state index contributed by atoms with van der Waals surface area (Å²) in [6, 6.07) is 0. The minimum absolute atomic E-state index is 0.829. The Morgan fingerprint density at radius 1 is 1.20 bits per heavy atom. The largest absolute Gasteiger partial charge is 0.0877 e. The van der Waals surface area contributed by atoms with Crippen molar-refractivity contribution >= 4 is 0 Å².